The van der Waals surface area contributed by atoms with Crippen molar-refractivity contribution in [3.05, 3.63) is 11.9 Å². The van der Waals surface area contributed by atoms with Crippen molar-refractivity contribution in [2.45, 2.75) is 28.8 Å². The van der Waals surface area contributed by atoms with E-state index in [2.05, 4.69) is 32.6 Å². The van der Waals surface area contributed by atoms with Gasteiger partial charge >= 0.3 is 0 Å². The van der Waals surface area contributed by atoms with Gasteiger partial charge in [0.2, 0.25) is 0 Å². The molecule has 0 bridgehead atoms. The third kappa shape index (κ3) is 2.16. The van der Waals surface area contributed by atoms with Crippen molar-refractivity contribution in [1.82, 2.24) is 9.97 Å². The highest BCUT2D eigenvalue weighted by Gasteiger charge is 2.42. The Labute approximate surface area is 123 Å². The second-order valence-corrected chi connectivity index (χ2v) is 6.23. The van der Waals surface area contributed by atoms with Crippen LogP contribution in [0.15, 0.2) is 6.33 Å². The minimum atomic E-state index is -0.647. The van der Waals surface area contributed by atoms with Gasteiger partial charge in [-0.05, 0) is 0 Å². The van der Waals surface area contributed by atoms with Crippen LogP contribution in [0.4, 0.5) is 11.6 Å². The zero-order chi connectivity index (χ0) is 13.6. The summed E-state index contributed by atoms with van der Waals surface area (Å²) in [4.78, 5) is 10.3. The van der Waals surface area contributed by atoms with Crippen LogP contribution >= 0.6 is 22.6 Å². The van der Waals surface area contributed by atoms with E-state index in [1.807, 2.05) is 4.90 Å². The molecule has 2 unspecified atom stereocenters. The topological polar surface area (TPSA) is 105 Å². The van der Waals surface area contributed by atoms with Gasteiger partial charge in [-0.15, -0.1) is 0 Å². The fourth-order valence-electron chi connectivity index (χ4n) is 2.61. The molecule has 3 heterocycles. The lowest BCUT2D eigenvalue weighted by atomic mass is 10.2. The van der Waals surface area contributed by atoms with Gasteiger partial charge in [0.05, 0.1) is 22.2 Å². The molecule has 1 aromatic heterocycles. The zero-order valence-electron chi connectivity index (χ0n) is 10.1. The number of hydrogen-bond acceptors (Lipinski definition) is 7. The SMILES string of the molecule is Nc1ncnc2c1C(I)CN2[C@H]1CC(O)[C@@H](CO)O1. The first-order chi connectivity index (χ1) is 9.11. The zero-order valence-corrected chi connectivity index (χ0v) is 12.3. The Balaban J connectivity index is 1.88. The van der Waals surface area contributed by atoms with Crippen LogP contribution in [-0.2, 0) is 4.74 Å². The van der Waals surface area contributed by atoms with Gasteiger partial charge in [-0.2, -0.15) is 0 Å². The molecule has 3 rings (SSSR count). The Morgan fingerprint density at radius 2 is 2.32 bits per heavy atom. The number of halogens is 1. The fraction of sp³-hybridized carbons (Fsp3) is 0.636. The Morgan fingerprint density at radius 1 is 1.53 bits per heavy atom. The van der Waals surface area contributed by atoms with E-state index in [4.69, 9.17) is 15.6 Å². The number of aliphatic hydroxyl groups is 2. The summed E-state index contributed by atoms with van der Waals surface area (Å²) in [5, 5.41) is 19.0. The summed E-state index contributed by atoms with van der Waals surface area (Å²) in [7, 11) is 0. The summed E-state index contributed by atoms with van der Waals surface area (Å²) in [6.45, 7) is 0.534. The van der Waals surface area contributed by atoms with Gasteiger partial charge in [-0.3, -0.25) is 0 Å². The summed E-state index contributed by atoms with van der Waals surface area (Å²) in [5.74, 6) is 1.26. The van der Waals surface area contributed by atoms with Gasteiger partial charge in [-0.25, -0.2) is 9.97 Å². The van der Waals surface area contributed by atoms with E-state index in [-0.39, 0.29) is 16.8 Å². The molecule has 1 aromatic rings. The number of nitrogens with zero attached hydrogens (tertiary/aromatic N) is 3. The number of aliphatic hydroxyl groups excluding tert-OH is 2. The Morgan fingerprint density at radius 3 is 3.00 bits per heavy atom. The second kappa shape index (κ2) is 5.00. The molecule has 1 fully saturated rings. The first-order valence-electron chi connectivity index (χ1n) is 6.07. The quantitative estimate of drug-likeness (QED) is 0.485. The molecule has 8 heteroatoms. The Hall–Kier alpha value is -0.710. The summed E-state index contributed by atoms with van der Waals surface area (Å²) in [5.41, 5.74) is 6.82. The molecule has 19 heavy (non-hydrogen) atoms. The summed E-state index contributed by atoms with van der Waals surface area (Å²) in [6.07, 6.45) is 0.439. The van der Waals surface area contributed by atoms with Gasteiger partial charge in [0.25, 0.3) is 0 Å². The highest BCUT2D eigenvalue weighted by Crippen LogP contribution is 2.43. The number of nitrogens with two attached hydrogens (primary N) is 1. The maximum Gasteiger partial charge on any atom is 0.140 e. The molecule has 104 valence electrons. The number of aromatic nitrogens is 2. The molecule has 4 N–H and O–H groups in total. The number of alkyl halides is 1. The Bertz CT molecular complexity index is 489. The fourth-order valence-corrected chi connectivity index (χ4v) is 3.63. The molecule has 0 saturated carbocycles. The average molecular weight is 378 g/mol. The lowest BCUT2D eigenvalue weighted by Gasteiger charge is -2.25. The lowest BCUT2D eigenvalue weighted by molar-refractivity contribution is -0.0220. The molecule has 4 atom stereocenters. The Kier molecular flexibility index (Phi) is 3.50. The third-order valence-corrected chi connectivity index (χ3v) is 4.58. The third-order valence-electron chi connectivity index (χ3n) is 3.57. The molecule has 0 radical (unpaired) electrons. The van der Waals surface area contributed by atoms with Crippen molar-refractivity contribution in [2.75, 3.05) is 23.8 Å². The van der Waals surface area contributed by atoms with Crippen molar-refractivity contribution in [2.24, 2.45) is 0 Å². The standard InChI is InChI=1S/C11H15IN4O3/c12-5-2-16(8-1-6(18)7(3-17)19-8)11-9(5)10(13)14-4-15-11/h4-8,17-18H,1-3H2,(H2,13,14,15)/t5?,6?,7-,8-/m1/s1. The van der Waals surface area contributed by atoms with Gasteiger partial charge in [-0.1, -0.05) is 22.6 Å². The van der Waals surface area contributed by atoms with Crippen LogP contribution in [0.1, 0.15) is 15.9 Å². The van der Waals surface area contributed by atoms with Crippen LogP contribution in [0.3, 0.4) is 0 Å². The van der Waals surface area contributed by atoms with E-state index in [1.54, 1.807) is 0 Å². The van der Waals surface area contributed by atoms with Crippen LogP contribution < -0.4 is 10.6 Å². The van der Waals surface area contributed by atoms with Crippen molar-refractivity contribution in [1.29, 1.82) is 0 Å². The van der Waals surface area contributed by atoms with E-state index >= 15 is 0 Å². The summed E-state index contributed by atoms with van der Waals surface area (Å²) >= 11 is 2.30. The molecule has 1 saturated heterocycles. The second-order valence-electron chi connectivity index (χ2n) is 4.73. The highest BCUT2D eigenvalue weighted by molar-refractivity contribution is 14.1. The molecule has 0 aromatic carbocycles. The van der Waals surface area contributed by atoms with Gasteiger partial charge in [0.1, 0.15) is 30.3 Å². The minimum absolute atomic E-state index is 0.183. The van der Waals surface area contributed by atoms with Crippen molar-refractivity contribution in [3.8, 4) is 0 Å². The number of hydrogen-bond donors (Lipinski definition) is 3. The maximum absolute atomic E-state index is 9.82. The van der Waals surface area contributed by atoms with E-state index < -0.39 is 12.2 Å². The van der Waals surface area contributed by atoms with E-state index in [0.29, 0.717) is 18.8 Å². The molecule has 0 amide bonds. The molecular weight excluding hydrogens is 363 g/mol. The van der Waals surface area contributed by atoms with E-state index in [0.717, 1.165) is 11.4 Å². The van der Waals surface area contributed by atoms with Gasteiger partial charge in [0, 0.05) is 13.0 Å². The average Bonchev–Trinajstić information content (AvgIpc) is 2.91. The minimum Gasteiger partial charge on any atom is -0.394 e. The van der Waals surface area contributed by atoms with Crippen LogP contribution in [0.25, 0.3) is 0 Å². The number of rotatable bonds is 2. The van der Waals surface area contributed by atoms with Crippen LogP contribution in [0.5, 0.6) is 0 Å². The number of nitrogen functional groups attached to an aromatic ring is 1. The van der Waals surface area contributed by atoms with Crippen molar-refractivity contribution in [3.63, 3.8) is 0 Å². The van der Waals surface area contributed by atoms with Crippen LogP contribution in [0.2, 0.25) is 0 Å². The van der Waals surface area contributed by atoms with E-state index in [1.165, 1.54) is 6.33 Å². The van der Waals surface area contributed by atoms with Crippen molar-refractivity contribution < 1.29 is 14.9 Å². The van der Waals surface area contributed by atoms with E-state index in [9.17, 15) is 5.11 Å². The van der Waals surface area contributed by atoms with Crippen LogP contribution in [-0.4, -0.2) is 51.8 Å². The molecule has 0 aliphatic carbocycles. The maximum atomic E-state index is 9.82. The first-order valence-corrected chi connectivity index (χ1v) is 7.32. The molecule has 2 aliphatic rings. The molecular formula is C11H15IN4O3. The van der Waals surface area contributed by atoms with Gasteiger partial charge < -0.3 is 25.6 Å². The highest BCUT2D eigenvalue weighted by atomic mass is 127. The molecule has 7 nitrogen and oxygen atoms in total. The predicted molar refractivity (Wildman–Crippen MR) is 76.9 cm³/mol. The smallest absolute Gasteiger partial charge is 0.140 e. The summed E-state index contributed by atoms with van der Waals surface area (Å²) in [6, 6.07) is 0. The first kappa shape index (κ1) is 13.3. The predicted octanol–water partition coefficient (Wildman–Crippen LogP) is -0.177. The van der Waals surface area contributed by atoms with Crippen molar-refractivity contribution >= 4 is 34.2 Å². The number of fused-ring (bicyclic) bond motifs is 1. The van der Waals surface area contributed by atoms with Gasteiger partial charge in [0.15, 0.2) is 0 Å². The lowest BCUT2D eigenvalue weighted by Crippen LogP contribution is -2.35. The largest absolute Gasteiger partial charge is 0.394 e. The monoisotopic (exact) mass is 378 g/mol. The van der Waals surface area contributed by atoms with Crippen LogP contribution in [0, 0.1) is 0 Å². The number of ether oxygens (including phenoxy) is 1. The normalized spacial score (nSPS) is 33.7. The molecule has 0 spiro atoms. The summed E-state index contributed by atoms with van der Waals surface area (Å²) < 4.78 is 5.87. The molecule has 2 aliphatic heterocycles. The number of anilines is 2.